The molecule has 1 aromatic heterocycles. The second-order valence-corrected chi connectivity index (χ2v) is 6.07. The Kier molecular flexibility index (Phi) is 3.60. The molecule has 1 spiro atoms. The van der Waals surface area contributed by atoms with E-state index in [0.29, 0.717) is 5.92 Å². The average molecular weight is 264 g/mol. The number of rotatable bonds is 3. The summed E-state index contributed by atoms with van der Waals surface area (Å²) in [5.74, 6) is 6.35. The zero-order valence-corrected chi connectivity index (χ0v) is 11.6. The third-order valence-corrected chi connectivity index (χ3v) is 4.87. The minimum atomic E-state index is 0.136. The Labute approximate surface area is 114 Å². The molecule has 1 saturated heterocycles. The van der Waals surface area contributed by atoms with Gasteiger partial charge in [-0.1, -0.05) is 12.8 Å². The molecule has 0 radical (unpaired) electrons. The van der Waals surface area contributed by atoms with E-state index in [1.807, 2.05) is 19.6 Å². The Balaban J connectivity index is 1.78. The lowest BCUT2D eigenvalue weighted by atomic mass is 9.80. The zero-order chi connectivity index (χ0) is 13.3. The number of nitrogens with one attached hydrogen (secondary N) is 1. The quantitative estimate of drug-likeness (QED) is 0.644. The van der Waals surface area contributed by atoms with E-state index in [9.17, 15) is 0 Å². The maximum Gasteiger partial charge on any atom is 0.0946 e. The highest BCUT2D eigenvalue weighted by Crippen LogP contribution is 2.45. The van der Waals surface area contributed by atoms with E-state index in [4.69, 9.17) is 10.6 Å². The number of aromatic nitrogens is 2. The molecular weight excluding hydrogens is 240 g/mol. The number of imidazole rings is 1. The van der Waals surface area contributed by atoms with Crippen LogP contribution in [-0.4, -0.2) is 21.8 Å². The van der Waals surface area contributed by atoms with Crippen molar-refractivity contribution >= 4 is 0 Å². The normalized spacial score (nSPS) is 27.8. The van der Waals surface area contributed by atoms with Crippen LogP contribution in [0.2, 0.25) is 0 Å². The molecule has 1 aliphatic heterocycles. The van der Waals surface area contributed by atoms with Crippen LogP contribution >= 0.6 is 0 Å². The summed E-state index contributed by atoms with van der Waals surface area (Å²) < 4.78 is 8.16. The highest BCUT2D eigenvalue weighted by atomic mass is 16.5. The van der Waals surface area contributed by atoms with E-state index in [1.54, 1.807) is 0 Å². The number of hydrogen-bond donors (Lipinski definition) is 2. The lowest BCUT2D eigenvalue weighted by Crippen LogP contribution is -2.44. The van der Waals surface area contributed by atoms with E-state index in [0.717, 1.165) is 19.4 Å². The first-order valence-corrected chi connectivity index (χ1v) is 7.30. The van der Waals surface area contributed by atoms with Gasteiger partial charge in [0.1, 0.15) is 0 Å². The van der Waals surface area contributed by atoms with Crippen molar-refractivity contribution in [3.05, 3.63) is 18.2 Å². The average Bonchev–Trinajstić information content (AvgIpc) is 3.02. The van der Waals surface area contributed by atoms with Crippen LogP contribution in [0.1, 0.15) is 50.3 Å². The summed E-state index contributed by atoms with van der Waals surface area (Å²) >= 11 is 0. The smallest absolute Gasteiger partial charge is 0.0946 e. The van der Waals surface area contributed by atoms with Crippen LogP contribution in [0.15, 0.2) is 12.5 Å². The van der Waals surface area contributed by atoms with Crippen molar-refractivity contribution in [2.45, 2.75) is 50.2 Å². The minimum absolute atomic E-state index is 0.136. The van der Waals surface area contributed by atoms with Crippen LogP contribution in [0.25, 0.3) is 0 Å². The van der Waals surface area contributed by atoms with E-state index in [2.05, 4.69) is 15.0 Å². The molecule has 19 heavy (non-hydrogen) atoms. The second kappa shape index (κ2) is 5.23. The number of nitrogens with zero attached hydrogens (tertiary/aromatic N) is 2. The lowest BCUT2D eigenvalue weighted by molar-refractivity contribution is -0.0985. The van der Waals surface area contributed by atoms with Crippen molar-refractivity contribution in [1.82, 2.24) is 15.0 Å². The maximum atomic E-state index is 6.11. The molecule has 3 rings (SSSR count). The molecular formula is C14H24N4O. The highest BCUT2D eigenvalue weighted by molar-refractivity contribution is 5.08. The summed E-state index contributed by atoms with van der Waals surface area (Å²) in [5, 5.41) is 0. The van der Waals surface area contributed by atoms with Crippen LogP contribution in [0, 0.1) is 5.92 Å². The summed E-state index contributed by atoms with van der Waals surface area (Å²) in [4.78, 5) is 4.21. The van der Waals surface area contributed by atoms with Gasteiger partial charge >= 0.3 is 0 Å². The van der Waals surface area contributed by atoms with Gasteiger partial charge in [0.2, 0.25) is 0 Å². The number of ether oxygens (including phenoxy) is 1. The Morgan fingerprint density at radius 1 is 1.53 bits per heavy atom. The van der Waals surface area contributed by atoms with E-state index < -0.39 is 0 Å². The molecule has 0 bridgehead atoms. The fourth-order valence-electron chi connectivity index (χ4n) is 3.85. The largest absolute Gasteiger partial charge is 0.375 e. The summed E-state index contributed by atoms with van der Waals surface area (Å²) in [6.07, 6.45) is 11.0. The number of hydrazine groups is 1. The Morgan fingerprint density at radius 3 is 2.95 bits per heavy atom. The Bertz CT molecular complexity index is 425. The van der Waals surface area contributed by atoms with Crippen LogP contribution in [0.5, 0.6) is 0 Å². The third-order valence-electron chi connectivity index (χ3n) is 4.87. The first-order chi connectivity index (χ1) is 9.24. The van der Waals surface area contributed by atoms with Gasteiger partial charge < -0.3 is 9.30 Å². The fraction of sp³-hybridized carbons (Fsp3) is 0.786. The van der Waals surface area contributed by atoms with Gasteiger partial charge in [-0.15, -0.1) is 0 Å². The van der Waals surface area contributed by atoms with Crippen molar-refractivity contribution < 1.29 is 4.74 Å². The fourth-order valence-corrected chi connectivity index (χ4v) is 3.85. The molecule has 2 aliphatic rings. The molecule has 5 heteroatoms. The van der Waals surface area contributed by atoms with Gasteiger partial charge in [-0.25, -0.2) is 4.98 Å². The van der Waals surface area contributed by atoms with Gasteiger partial charge in [0.05, 0.1) is 23.7 Å². The molecule has 0 aromatic carbocycles. The third kappa shape index (κ3) is 2.42. The molecule has 2 unspecified atom stereocenters. The van der Waals surface area contributed by atoms with E-state index in [1.165, 1.54) is 31.4 Å². The van der Waals surface area contributed by atoms with Crippen molar-refractivity contribution in [2.24, 2.45) is 18.8 Å². The summed E-state index contributed by atoms with van der Waals surface area (Å²) in [6, 6.07) is 0.175. The van der Waals surface area contributed by atoms with Gasteiger partial charge in [-0.2, -0.15) is 0 Å². The van der Waals surface area contributed by atoms with Crippen molar-refractivity contribution in [3.8, 4) is 0 Å². The van der Waals surface area contributed by atoms with Gasteiger partial charge in [-0.05, 0) is 31.6 Å². The Hall–Kier alpha value is -0.910. The first-order valence-electron chi connectivity index (χ1n) is 7.30. The molecule has 5 nitrogen and oxygen atoms in total. The van der Waals surface area contributed by atoms with Crippen LogP contribution in [-0.2, 0) is 11.8 Å². The van der Waals surface area contributed by atoms with Gasteiger partial charge in [0, 0.05) is 19.9 Å². The molecule has 2 heterocycles. The molecule has 1 aromatic rings. The van der Waals surface area contributed by atoms with Gasteiger partial charge in [-0.3, -0.25) is 11.3 Å². The lowest BCUT2D eigenvalue weighted by Gasteiger charge is -2.41. The molecule has 106 valence electrons. The number of hydrogen-bond acceptors (Lipinski definition) is 4. The topological polar surface area (TPSA) is 65.1 Å². The van der Waals surface area contributed by atoms with E-state index in [-0.39, 0.29) is 11.6 Å². The predicted octanol–water partition coefficient (Wildman–Crippen LogP) is 1.66. The molecule has 1 saturated carbocycles. The SMILES string of the molecule is Cn1cncc1C(NN)C1CCOC2(CCCC2)C1. The van der Waals surface area contributed by atoms with Crippen LogP contribution < -0.4 is 11.3 Å². The molecule has 2 atom stereocenters. The van der Waals surface area contributed by atoms with Crippen molar-refractivity contribution in [1.29, 1.82) is 0 Å². The molecule has 1 aliphatic carbocycles. The monoisotopic (exact) mass is 264 g/mol. The number of nitrogens with two attached hydrogens (primary N) is 1. The summed E-state index contributed by atoms with van der Waals surface area (Å²) in [5.41, 5.74) is 4.31. The molecule has 3 N–H and O–H groups in total. The second-order valence-electron chi connectivity index (χ2n) is 6.07. The van der Waals surface area contributed by atoms with Gasteiger partial charge in [0.25, 0.3) is 0 Å². The zero-order valence-electron chi connectivity index (χ0n) is 11.6. The van der Waals surface area contributed by atoms with Crippen molar-refractivity contribution in [2.75, 3.05) is 6.61 Å². The van der Waals surface area contributed by atoms with Crippen molar-refractivity contribution in [3.63, 3.8) is 0 Å². The summed E-state index contributed by atoms with van der Waals surface area (Å²) in [7, 11) is 2.03. The predicted molar refractivity (Wildman–Crippen MR) is 73.1 cm³/mol. The van der Waals surface area contributed by atoms with Crippen LogP contribution in [0.4, 0.5) is 0 Å². The van der Waals surface area contributed by atoms with E-state index >= 15 is 0 Å². The molecule has 0 amide bonds. The highest BCUT2D eigenvalue weighted by Gasteiger charge is 2.42. The Morgan fingerprint density at radius 2 is 2.32 bits per heavy atom. The van der Waals surface area contributed by atoms with Gasteiger partial charge in [0.15, 0.2) is 0 Å². The standard InChI is InChI=1S/C14H24N4O/c1-18-10-16-9-12(18)13(17-15)11-4-7-19-14(8-11)5-2-3-6-14/h9-11,13,17H,2-8,15H2,1H3. The van der Waals surface area contributed by atoms with Crippen LogP contribution in [0.3, 0.4) is 0 Å². The maximum absolute atomic E-state index is 6.11. The molecule has 2 fully saturated rings. The first kappa shape index (κ1) is 13.1. The summed E-state index contributed by atoms with van der Waals surface area (Å²) in [6.45, 7) is 0.862. The number of aryl methyl sites for hydroxylation is 1. The minimum Gasteiger partial charge on any atom is -0.375 e.